The normalized spacial score (nSPS) is 15.3. The van der Waals surface area contributed by atoms with Gasteiger partial charge in [0.1, 0.15) is 12.1 Å². The first-order chi connectivity index (χ1) is 25.0. The van der Waals surface area contributed by atoms with Crippen molar-refractivity contribution in [1.29, 1.82) is 0 Å². The van der Waals surface area contributed by atoms with Crippen molar-refractivity contribution in [1.82, 2.24) is 0 Å². The summed E-state index contributed by atoms with van der Waals surface area (Å²) in [5.41, 5.74) is 0. The first kappa shape index (κ1) is 46.8. The molecule has 0 radical (unpaired) electrons. The quantitative estimate of drug-likeness (QED) is 0.0278. The highest BCUT2D eigenvalue weighted by Gasteiger charge is 2.50. The number of hydrogen-bond acceptors (Lipinski definition) is 6. The van der Waals surface area contributed by atoms with Crippen molar-refractivity contribution >= 4 is 24.0 Å². The van der Waals surface area contributed by atoms with Gasteiger partial charge in [-0.05, 0) is 64.2 Å². The Morgan fingerprint density at radius 3 is 1.29 bits per heavy atom. The molecular weight excluding hydrogens is 636 g/mol. The molecular formula is C45H78O6. The van der Waals surface area contributed by atoms with Gasteiger partial charge in [0.2, 0.25) is 0 Å². The lowest BCUT2D eigenvalue weighted by Crippen LogP contribution is -2.49. The maximum Gasteiger partial charge on any atom is 0.309 e. The van der Waals surface area contributed by atoms with Crippen molar-refractivity contribution in [2.75, 3.05) is 0 Å². The van der Waals surface area contributed by atoms with E-state index in [-0.39, 0.29) is 25.0 Å². The molecule has 0 spiro atoms. The number of unbranched alkanes of at least 4 members (excludes halogenated alkanes) is 24. The predicted molar refractivity (Wildman–Crippen MR) is 211 cm³/mol. The summed E-state index contributed by atoms with van der Waals surface area (Å²) in [4.78, 5) is 50.4. The van der Waals surface area contributed by atoms with Gasteiger partial charge in [0.25, 0.3) is 5.79 Å². The van der Waals surface area contributed by atoms with Gasteiger partial charge in [-0.15, -0.1) is 0 Å². The Balaban J connectivity index is 2.40. The molecule has 0 aromatic carbocycles. The zero-order valence-corrected chi connectivity index (χ0v) is 33.2. The monoisotopic (exact) mass is 715 g/mol. The Bertz CT molecular complexity index is 919. The summed E-state index contributed by atoms with van der Waals surface area (Å²) in [5.74, 6) is -3.86. The van der Waals surface area contributed by atoms with Crippen LogP contribution in [0.4, 0.5) is 0 Å². The predicted octanol–water partition coefficient (Wildman–Crippen LogP) is 13.2. The molecule has 0 amide bonds. The Labute approximate surface area is 313 Å². The van der Waals surface area contributed by atoms with Crippen LogP contribution < -0.4 is 0 Å². The van der Waals surface area contributed by atoms with Crippen molar-refractivity contribution in [3.63, 3.8) is 0 Å². The van der Waals surface area contributed by atoms with Gasteiger partial charge >= 0.3 is 11.9 Å². The SMILES string of the molecule is CCCCCCCC/C=C\CCCCCCCCC(=O)C(CCCCCCCC/C=C\CCCCCCCC)C1(CC=O)OC(=O)CCC(=O)O1. The summed E-state index contributed by atoms with van der Waals surface area (Å²) in [7, 11) is 0. The molecule has 1 aliphatic rings. The van der Waals surface area contributed by atoms with Crippen LogP contribution in [0.2, 0.25) is 0 Å². The Kier molecular flexibility index (Phi) is 30.8. The second-order valence-corrected chi connectivity index (χ2v) is 15.1. The maximum atomic E-state index is 13.7. The molecule has 1 unspecified atom stereocenters. The van der Waals surface area contributed by atoms with Crippen LogP contribution in [-0.2, 0) is 28.7 Å². The van der Waals surface area contributed by atoms with Crippen LogP contribution in [-0.4, -0.2) is 29.8 Å². The largest absolute Gasteiger partial charge is 0.421 e. The molecule has 0 aromatic heterocycles. The van der Waals surface area contributed by atoms with Gasteiger partial charge in [-0.3, -0.25) is 14.4 Å². The topological polar surface area (TPSA) is 86.7 Å². The van der Waals surface area contributed by atoms with Gasteiger partial charge in [-0.1, -0.05) is 160 Å². The number of carbonyl (C=O) groups excluding carboxylic acids is 4. The molecule has 6 heteroatoms. The van der Waals surface area contributed by atoms with Gasteiger partial charge in [0, 0.05) is 6.42 Å². The van der Waals surface area contributed by atoms with E-state index in [2.05, 4.69) is 38.2 Å². The number of aldehydes is 1. The summed E-state index contributed by atoms with van der Waals surface area (Å²) in [6.45, 7) is 4.51. The average Bonchev–Trinajstić information content (AvgIpc) is 3.26. The van der Waals surface area contributed by atoms with E-state index in [1.165, 1.54) is 116 Å². The molecule has 1 saturated heterocycles. The van der Waals surface area contributed by atoms with Crippen molar-refractivity contribution in [2.24, 2.45) is 5.92 Å². The molecule has 0 saturated carbocycles. The number of Topliss-reactive ketones (excluding diaryl/α,β-unsaturated/α-hetero) is 1. The minimum Gasteiger partial charge on any atom is -0.421 e. The van der Waals surface area contributed by atoms with E-state index < -0.39 is 23.6 Å². The van der Waals surface area contributed by atoms with Crippen LogP contribution in [0.15, 0.2) is 24.3 Å². The van der Waals surface area contributed by atoms with E-state index in [0.717, 1.165) is 64.2 Å². The van der Waals surface area contributed by atoms with Gasteiger partial charge in [-0.2, -0.15) is 0 Å². The fraction of sp³-hybridized carbons (Fsp3) is 0.822. The highest BCUT2D eigenvalue weighted by molar-refractivity contribution is 5.85. The van der Waals surface area contributed by atoms with Crippen LogP contribution in [0.25, 0.3) is 0 Å². The number of ether oxygens (including phenoxy) is 2. The second kappa shape index (κ2) is 33.6. The van der Waals surface area contributed by atoms with E-state index in [4.69, 9.17) is 9.47 Å². The van der Waals surface area contributed by atoms with Crippen LogP contribution >= 0.6 is 0 Å². The third kappa shape index (κ3) is 25.4. The standard InChI is InChI=1S/C45H78O6/c1-3-5-7-9-11-13-15-17-19-21-23-25-27-29-31-33-35-41(45(39-40-46)50-43(48)37-38-44(49)51-45)42(47)36-34-32-30-28-26-24-22-20-18-16-14-12-10-8-6-4-2/h17-20,40-41H,3-16,21-39H2,1-2H3/b19-17-,20-18-. The van der Waals surface area contributed by atoms with Crippen LogP contribution in [0.1, 0.15) is 226 Å². The molecule has 1 heterocycles. The number of carbonyl (C=O) groups is 4. The van der Waals surface area contributed by atoms with Crippen molar-refractivity contribution < 1.29 is 28.7 Å². The maximum absolute atomic E-state index is 13.7. The lowest BCUT2D eigenvalue weighted by Gasteiger charge is -2.36. The third-order valence-electron chi connectivity index (χ3n) is 10.3. The van der Waals surface area contributed by atoms with Crippen molar-refractivity contribution in [3.05, 3.63) is 24.3 Å². The first-order valence-electron chi connectivity index (χ1n) is 21.7. The molecule has 0 N–H and O–H groups in total. The molecule has 0 bridgehead atoms. The second-order valence-electron chi connectivity index (χ2n) is 15.1. The summed E-state index contributed by atoms with van der Waals surface area (Å²) in [6.07, 6.45) is 43.7. The number of cyclic esters (lactones) is 2. The van der Waals surface area contributed by atoms with Gasteiger partial charge in [-0.25, -0.2) is 0 Å². The Hall–Kier alpha value is -2.24. The lowest BCUT2D eigenvalue weighted by molar-refractivity contribution is -0.239. The summed E-state index contributed by atoms with van der Waals surface area (Å²) in [6, 6.07) is 0. The molecule has 0 aliphatic carbocycles. The molecule has 1 atom stereocenters. The number of rotatable bonds is 36. The van der Waals surface area contributed by atoms with Crippen LogP contribution in [0.5, 0.6) is 0 Å². The molecule has 0 aromatic rings. The molecule has 6 nitrogen and oxygen atoms in total. The Morgan fingerprint density at radius 1 is 0.549 bits per heavy atom. The molecule has 1 rings (SSSR count). The minimum absolute atomic E-state index is 0.0670. The number of allylic oxidation sites excluding steroid dienone is 4. The summed E-state index contributed by atoms with van der Waals surface area (Å²) < 4.78 is 11.3. The summed E-state index contributed by atoms with van der Waals surface area (Å²) in [5, 5.41) is 0. The number of esters is 2. The fourth-order valence-electron chi connectivity index (χ4n) is 7.14. The zero-order chi connectivity index (χ0) is 37.1. The Morgan fingerprint density at radius 2 is 0.902 bits per heavy atom. The fourth-order valence-corrected chi connectivity index (χ4v) is 7.14. The minimum atomic E-state index is -1.81. The number of hydrogen-bond donors (Lipinski definition) is 0. The van der Waals surface area contributed by atoms with Crippen LogP contribution in [0.3, 0.4) is 0 Å². The van der Waals surface area contributed by atoms with E-state index in [0.29, 0.717) is 19.1 Å². The van der Waals surface area contributed by atoms with Gasteiger partial charge < -0.3 is 14.3 Å². The first-order valence-corrected chi connectivity index (χ1v) is 21.7. The van der Waals surface area contributed by atoms with E-state index in [1.807, 2.05) is 0 Å². The van der Waals surface area contributed by atoms with Crippen LogP contribution in [0, 0.1) is 5.92 Å². The highest BCUT2D eigenvalue weighted by Crippen LogP contribution is 2.36. The van der Waals surface area contributed by atoms with Crippen molar-refractivity contribution in [2.45, 2.75) is 232 Å². The van der Waals surface area contributed by atoms with E-state index in [1.54, 1.807) is 0 Å². The highest BCUT2D eigenvalue weighted by atomic mass is 16.7. The zero-order valence-electron chi connectivity index (χ0n) is 33.2. The van der Waals surface area contributed by atoms with E-state index >= 15 is 0 Å². The average molecular weight is 715 g/mol. The summed E-state index contributed by atoms with van der Waals surface area (Å²) >= 11 is 0. The van der Waals surface area contributed by atoms with Gasteiger partial charge in [0.15, 0.2) is 0 Å². The lowest BCUT2D eigenvalue weighted by atomic mass is 9.84. The van der Waals surface area contributed by atoms with E-state index in [9.17, 15) is 19.2 Å². The van der Waals surface area contributed by atoms with Crippen molar-refractivity contribution in [3.8, 4) is 0 Å². The molecule has 294 valence electrons. The molecule has 1 fully saturated rings. The van der Waals surface area contributed by atoms with Gasteiger partial charge in [0.05, 0.1) is 25.2 Å². The smallest absolute Gasteiger partial charge is 0.309 e. The third-order valence-corrected chi connectivity index (χ3v) is 10.3. The molecule has 51 heavy (non-hydrogen) atoms. The molecule has 1 aliphatic heterocycles. The number of ketones is 1.